The minimum absolute atomic E-state index is 0.135. The van der Waals surface area contributed by atoms with Gasteiger partial charge in [0.1, 0.15) is 5.75 Å². The molecule has 2 aromatic rings. The maximum absolute atomic E-state index is 12.7. The molecule has 0 saturated carbocycles. The quantitative estimate of drug-likeness (QED) is 0.535. The van der Waals surface area contributed by atoms with E-state index >= 15 is 0 Å². The number of para-hydroxylation sites is 1. The van der Waals surface area contributed by atoms with Crippen LogP contribution in [0.2, 0.25) is 0 Å². The third kappa shape index (κ3) is 6.72. The third-order valence-electron chi connectivity index (χ3n) is 4.34. The van der Waals surface area contributed by atoms with Crippen LogP contribution < -0.4 is 15.4 Å². The summed E-state index contributed by atoms with van der Waals surface area (Å²) in [4.78, 5) is 24.9. The number of anilines is 1. The predicted octanol–water partition coefficient (Wildman–Crippen LogP) is 5.04. The predicted molar refractivity (Wildman–Crippen MR) is 113 cm³/mol. The Morgan fingerprint density at radius 3 is 2.46 bits per heavy atom. The normalized spacial score (nSPS) is 10.4. The van der Waals surface area contributed by atoms with Crippen LogP contribution in [0.3, 0.4) is 0 Å². The van der Waals surface area contributed by atoms with E-state index < -0.39 is 0 Å². The summed E-state index contributed by atoms with van der Waals surface area (Å²) >= 11 is 0. The standard InChI is InChI=1S/C23H30N2O3/c1-3-5-9-16-28-21-14-8-7-13-20(21)23(27)25-19-12-10-11-18(17-19)22(26)24-15-6-4-2/h7-8,10-14,17H,3-6,9,15-16H2,1-2H3,(H,24,26)(H,25,27). The number of carbonyl (C=O) groups is 2. The first-order valence-electron chi connectivity index (χ1n) is 10.1. The van der Waals surface area contributed by atoms with E-state index in [9.17, 15) is 9.59 Å². The Morgan fingerprint density at radius 1 is 0.893 bits per heavy atom. The monoisotopic (exact) mass is 382 g/mol. The maximum atomic E-state index is 12.7. The highest BCUT2D eigenvalue weighted by atomic mass is 16.5. The molecule has 2 rings (SSSR count). The van der Waals surface area contributed by atoms with Crippen LogP contribution in [0.4, 0.5) is 5.69 Å². The lowest BCUT2D eigenvalue weighted by molar-refractivity contribution is 0.0951. The van der Waals surface area contributed by atoms with Gasteiger partial charge in [-0.05, 0) is 43.2 Å². The van der Waals surface area contributed by atoms with Crippen molar-refractivity contribution in [1.29, 1.82) is 0 Å². The molecule has 150 valence electrons. The molecule has 0 aromatic heterocycles. The summed E-state index contributed by atoms with van der Waals surface area (Å²) in [6, 6.07) is 14.2. The van der Waals surface area contributed by atoms with Crippen molar-refractivity contribution < 1.29 is 14.3 Å². The van der Waals surface area contributed by atoms with Crippen molar-refractivity contribution in [2.45, 2.75) is 46.0 Å². The maximum Gasteiger partial charge on any atom is 0.259 e. The molecule has 0 unspecified atom stereocenters. The number of rotatable bonds is 11. The molecule has 5 heteroatoms. The Morgan fingerprint density at radius 2 is 1.68 bits per heavy atom. The summed E-state index contributed by atoms with van der Waals surface area (Å²) in [5, 5.41) is 5.75. The number of amides is 2. The number of carbonyl (C=O) groups excluding carboxylic acids is 2. The van der Waals surface area contributed by atoms with E-state index in [0.29, 0.717) is 35.7 Å². The first kappa shape index (κ1) is 21.5. The van der Waals surface area contributed by atoms with Gasteiger partial charge in [0.25, 0.3) is 11.8 Å². The Balaban J connectivity index is 2.03. The average Bonchev–Trinajstić information content (AvgIpc) is 2.72. The van der Waals surface area contributed by atoms with Gasteiger partial charge in [-0.2, -0.15) is 0 Å². The molecule has 0 fully saturated rings. The van der Waals surface area contributed by atoms with Crippen LogP contribution in [0.15, 0.2) is 48.5 Å². The molecule has 0 atom stereocenters. The minimum Gasteiger partial charge on any atom is -0.493 e. The molecule has 5 nitrogen and oxygen atoms in total. The van der Waals surface area contributed by atoms with Crippen LogP contribution in [0, 0.1) is 0 Å². The molecule has 0 aliphatic rings. The highest BCUT2D eigenvalue weighted by Gasteiger charge is 2.13. The zero-order valence-corrected chi connectivity index (χ0v) is 16.8. The van der Waals surface area contributed by atoms with Crippen molar-refractivity contribution in [1.82, 2.24) is 5.32 Å². The summed E-state index contributed by atoms with van der Waals surface area (Å²) in [6.07, 6.45) is 5.14. The highest BCUT2D eigenvalue weighted by molar-refractivity contribution is 6.06. The van der Waals surface area contributed by atoms with Crippen molar-refractivity contribution in [3.63, 3.8) is 0 Å². The van der Waals surface area contributed by atoms with Crippen LogP contribution in [0.5, 0.6) is 5.75 Å². The molecule has 0 spiro atoms. The van der Waals surface area contributed by atoms with E-state index in [1.807, 2.05) is 12.1 Å². The van der Waals surface area contributed by atoms with Gasteiger partial charge in [-0.15, -0.1) is 0 Å². The molecule has 0 bridgehead atoms. The van der Waals surface area contributed by atoms with Gasteiger partial charge < -0.3 is 15.4 Å². The van der Waals surface area contributed by atoms with Crippen LogP contribution in [0.25, 0.3) is 0 Å². The van der Waals surface area contributed by atoms with Gasteiger partial charge in [0, 0.05) is 17.8 Å². The Bertz CT molecular complexity index is 774. The number of hydrogen-bond acceptors (Lipinski definition) is 3. The minimum atomic E-state index is -0.255. The molecule has 0 saturated heterocycles. The van der Waals surface area contributed by atoms with E-state index in [2.05, 4.69) is 24.5 Å². The fraction of sp³-hybridized carbons (Fsp3) is 0.391. The average molecular weight is 383 g/mol. The highest BCUT2D eigenvalue weighted by Crippen LogP contribution is 2.20. The van der Waals surface area contributed by atoms with Gasteiger partial charge in [0.2, 0.25) is 0 Å². The summed E-state index contributed by atoms with van der Waals surface area (Å²) in [7, 11) is 0. The zero-order valence-electron chi connectivity index (χ0n) is 16.8. The van der Waals surface area contributed by atoms with Crippen molar-refractivity contribution >= 4 is 17.5 Å². The molecule has 0 heterocycles. The largest absolute Gasteiger partial charge is 0.493 e. The number of ether oxygens (including phenoxy) is 1. The first-order valence-corrected chi connectivity index (χ1v) is 10.1. The lowest BCUT2D eigenvalue weighted by atomic mass is 10.1. The number of unbranched alkanes of at least 4 members (excludes halogenated alkanes) is 3. The fourth-order valence-electron chi connectivity index (χ4n) is 2.73. The lowest BCUT2D eigenvalue weighted by Gasteiger charge is -2.12. The summed E-state index contributed by atoms with van der Waals surface area (Å²) < 4.78 is 5.79. The van der Waals surface area contributed by atoms with Gasteiger partial charge in [0.15, 0.2) is 0 Å². The summed E-state index contributed by atoms with van der Waals surface area (Å²) in [6.45, 7) is 5.45. The first-order chi connectivity index (χ1) is 13.7. The SMILES string of the molecule is CCCCCOc1ccccc1C(=O)Nc1cccc(C(=O)NCCCC)c1. The van der Waals surface area contributed by atoms with Gasteiger partial charge in [-0.25, -0.2) is 0 Å². The molecule has 0 aliphatic heterocycles. The van der Waals surface area contributed by atoms with Crippen molar-refractivity contribution in [2.75, 3.05) is 18.5 Å². The van der Waals surface area contributed by atoms with Crippen LogP contribution in [-0.2, 0) is 0 Å². The molecule has 2 N–H and O–H groups in total. The molecule has 0 aliphatic carbocycles. The lowest BCUT2D eigenvalue weighted by Crippen LogP contribution is -2.24. The molecule has 0 radical (unpaired) electrons. The second kappa shape index (κ2) is 11.8. The molecule has 2 amide bonds. The van der Waals surface area contributed by atoms with E-state index in [0.717, 1.165) is 32.1 Å². The van der Waals surface area contributed by atoms with Crippen molar-refractivity contribution in [3.05, 3.63) is 59.7 Å². The van der Waals surface area contributed by atoms with E-state index in [1.54, 1.807) is 36.4 Å². The molecular formula is C23H30N2O3. The fourth-order valence-corrected chi connectivity index (χ4v) is 2.73. The van der Waals surface area contributed by atoms with E-state index in [-0.39, 0.29) is 11.8 Å². The van der Waals surface area contributed by atoms with Crippen LogP contribution in [0.1, 0.15) is 66.7 Å². The molecule has 28 heavy (non-hydrogen) atoms. The third-order valence-corrected chi connectivity index (χ3v) is 4.34. The van der Waals surface area contributed by atoms with E-state index in [1.165, 1.54) is 0 Å². The second-order valence-corrected chi connectivity index (χ2v) is 6.70. The van der Waals surface area contributed by atoms with Gasteiger partial charge in [-0.1, -0.05) is 51.3 Å². The van der Waals surface area contributed by atoms with Crippen molar-refractivity contribution in [3.8, 4) is 5.75 Å². The second-order valence-electron chi connectivity index (χ2n) is 6.70. The summed E-state index contributed by atoms with van der Waals surface area (Å²) in [5.74, 6) is 0.184. The Hall–Kier alpha value is -2.82. The Kier molecular flexibility index (Phi) is 9.05. The molecule has 2 aromatic carbocycles. The van der Waals surface area contributed by atoms with Gasteiger partial charge in [-0.3, -0.25) is 9.59 Å². The van der Waals surface area contributed by atoms with Crippen LogP contribution >= 0.6 is 0 Å². The Labute approximate surface area is 167 Å². The van der Waals surface area contributed by atoms with Crippen molar-refractivity contribution in [2.24, 2.45) is 0 Å². The van der Waals surface area contributed by atoms with Gasteiger partial charge >= 0.3 is 0 Å². The molecular weight excluding hydrogens is 352 g/mol. The van der Waals surface area contributed by atoms with E-state index in [4.69, 9.17) is 4.74 Å². The smallest absolute Gasteiger partial charge is 0.259 e. The number of nitrogens with one attached hydrogen (secondary N) is 2. The number of hydrogen-bond donors (Lipinski definition) is 2. The zero-order chi connectivity index (χ0) is 20.2. The topological polar surface area (TPSA) is 67.4 Å². The van der Waals surface area contributed by atoms with Crippen LogP contribution in [-0.4, -0.2) is 25.0 Å². The number of benzene rings is 2. The summed E-state index contributed by atoms with van der Waals surface area (Å²) in [5.41, 5.74) is 1.59. The van der Waals surface area contributed by atoms with Gasteiger partial charge in [0.05, 0.1) is 12.2 Å².